The second-order valence-electron chi connectivity index (χ2n) is 11.8. The van der Waals surface area contributed by atoms with Crippen molar-refractivity contribution in [2.75, 3.05) is 24.7 Å². The maximum absolute atomic E-state index is 14.7. The Morgan fingerprint density at radius 3 is 2.63 bits per heavy atom. The highest BCUT2D eigenvalue weighted by atomic mass is 16.6. The van der Waals surface area contributed by atoms with Crippen molar-refractivity contribution in [2.24, 2.45) is 17.8 Å². The number of carbonyl (C=O) groups is 3. The van der Waals surface area contributed by atoms with E-state index in [2.05, 4.69) is 13.2 Å². The first-order chi connectivity index (χ1) is 19.6. The van der Waals surface area contributed by atoms with Crippen molar-refractivity contribution in [1.29, 1.82) is 0 Å². The lowest BCUT2D eigenvalue weighted by molar-refractivity contribution is -0.162. The summed E-state index contributed by atoms with van der Waals surface area (Å²) in [4.78, 5) is 45.6. The SMILES string of the molecule is C=CCCCOC(=O)[C@H]1[C@H]2C(=O)N([C@H](C)CO)C(C(=O)N(CC=C)c3ccc4ccccc4c3)C23CC(C)[C@]1(C)O3. The molecular weight excluding hydrogens is 520 g/mol. The summed E-state index contributed by atoms with van der Waals surface area (Å²) in [5.74, 6) is -3.02. The number of aliphatic hydroxyl groups excluding tert-OH is 1. The molecule has 1 spiro atoms. The quantitative estimate of drug-likeness (QED) is 0.251. The summed E-state index contributed by atoms with van der Waals surface area (Å²) in [7, 11) is 0. The lowest BCUT2D eigenvalue weighted by Gasteiger charge is -2.38. The van der Waals surface area contributed by atoms with Crippen LogP contribution in [0.25, 0.3) is 10.8 Å². The van der Waals surface area contributed by atoms with Crippen molar-refractivity contribution < 1.29 is 29.0 Å². The molecule has 0 saturated carbocycles. The monoisotopic (exact) mass is 560 g/mol. The lowest BCUT2D eigenvalue weighted by atomic mass is 9.62. The number of benzene rings is 2. The molecule has 3 fully saturated rings. The Bertz CT molecular complexity index is 1370. The first kappa shape index (κ1) is 29.0. The average Bonchev–Trinajstić information content (AvgIpc) is 3.49. The van der Waals surface area contributed by atoms with E-state index in [0.29, 0.717) is 24.9 Å². The largest absolute Gasteiger partial charge is 0.465 e. The third kappa shape index (κ3) is 4.48. The molecule has 3 saturated heterocycles. The van der Waals surface area contributed by atoms with Crippen LogP contribution in [0.2, 0.25) is 0 Å². The molecule has 2 amide bonds. The van der Waals surface area contributed by atoms with Crippen molar-refractivity contribution in [3.63, 3.8) is 0 Å². The predicted octanol–water partition coefficient (Wildman–Crippen LogP) is 4.26. The summed E-state index contributed by atoms with van der Waals surface area (Å²) < 4.78 is 12.4. The minimum Gasteiger partial charge on any atom is -0.465 e. The lowest BCUT2D eigenvalue weighted by Crippen LogP contribution is -2.58. The van der Waals surface area contributed by atoms with Crippen molar-refractivity contribution in [1.82, 2.24) is 4.90 Å². The molecule has 3 aliphatic heterocycles. The van der Waals surface area contributed by atoms with E-state index in [9.17, 15) is 19.5 Å². The fourth-order valence-corrected chi connectivity index (χ4v) is 7.31. The first-order valence-corrected chi connectivity index (χ1v) is 14.5. The molecule has 5 rings (SSSR count). The first-order valence-electron chi connectivity index (χ1n) is 14.5. The number of hydrogen-bond acceptors (Lipinski definition) is 6. The number of carbonyl (C=O) groups excluding carboxylic acids is 3. The predicted molar refractivity (Wildman–Crippen MR) is 157 cm³/mol. The number of amides is 2. The van der Waals surface area contributed by atoms with Crippen LogP contribution in [-0.4, -0.2) is 70.8 Å². The normalized spacial score (nSPS) is 30.7. The van der Waals surface area contributed by atoms with E-state index in [0.717, 1.165) is 10.8 Å². The average molecular weight is 561 g/mol. The van der Waals surface area contributed by atoms with E-state index < -0.39 is 41.1 Å². The summed E-state index contributed by atoms with van der Waals surface area (Å²) >= 11 is 0. The second-order valence-corrected chi connectivity index (χ2v) is 11.8. The molecule has 0 aromatic heterocycles. The second kappa shape index (κ2) is 11.1. The highest BCUT2D eigenvalue weighted by Gasteiger charge is 2.80. The van der Waals surface area contributed by atoms with Crippen LogP contribution >= 0.6 is 0 Å². The number of nitrogens with zero attached hydrogens (tertiary/aromatic N) is 2. The molecule has 8 nitrogen and oxygen atoms in total. The minimum absolute atomic E-state index is 0.106. The number of allylic oxidation sites excluding steroid dienone is 1. The van der Waals surface area contributed by atoms with Gasteiger partial charge in [0.2, 0.25) is 5.91 Å². The highest BCUT2D eigenvalue weighted by Crippen LogP contribution is 2.65. The van der Waals surface area contributed by atoms with Gasteiger partial charge in [-0.2, -0.15) is 0 Å². The fourth-order valence-electron chi connectivity index (χ4n) is 7.31. The number of hydrogen-bond donors (Lipinski definition) is 1. The van der Waals surface area contributed by atoms with Crippen LogP contribution in [0.15, 0.2) is 67.8 Å². The van der Waals surface area contributed by atoms with Crippen molar-refractivity contribution in [2.45, 2.75) is 63.3 Å². The van der Waals surface area contributed by atoms with Crippen LogP contribution in [0.4, 0.5) is 5.69 Å². The minimum atomic E-state index is -1.23. The molecule has 0 aliphatic carbocycles. The molecule has 2 aromatic carbocycles. The summed E-state index contributed by atoms with van der Waals surface area (Å²) in [6, 6.07) is 12.0. The molecule has 0 radical (unpaired) electrons. The summed E-state index contributed by atoms with van der Waals surface area (Å²) in [6.45, 7) is 13.3. The fraction of sp³-hybridized carbons (Fsp3) is 0.485. The van der Waals surface area contributed by atoms with E-state index in [4.69, 9.17) is 9.47 Å². The number of fused-ring (bicyclic) bond motifs is 2. The van der Waals surface area contributed by atoms with Gasteiger partial charge in [0.15, 0.2) is 0 Å². The van der Waals surface area contributed by atoms with Gasteiger partial charge in [-0.15, -0.1) is 13.2 Å². The van der Waals surface area contributed by atoms with Crippen LogP contribution < -0.4 is 4.90 Å². The molecular formula is C33H40N2O6. The summed E-state index contributed by atoms with van der Waals surface area (Å²) in [5.41, 5.74) is -1.52. The van der Waals surface area contributed by atoms with Crippen molar-refractivity contribution >= 4 is 34.2 Å². The maximum atomic E-state index is 14.7. The third-order valence-corrected chi connectivity index (χ3v) is 9.40. The summed E-state index contributed by atoms with van der Waals surface area (Å²) in [5, 5.41) is 12.2. The molecule has 2 bridgehead atoms. The van der Waals surface area contributed by atoms with Crippen LogP contribution in [0.3, 0.4) is 0 Å². The van der Waals surface area contributed by atoms with Crippen LogP contribution in [0.1, 0.15) is 40.0 Å². The number of rotatable bonds is 11. The zero-order valence-corrected chi connectivity index (χ0v) is 24.1. The Balaban J connectivity index is 1.57. The maximum Gasteiger partial charge on any atom is 0.312 e. The van der Waals surface area contributed by atoms with Crippen molar-refractivity contribution in [3.8, 4) is 0 Å². The van der Waals surface area contributed by atoms with Crippen LogP contribution in [0, 0.1) is 17.8 Å². The van der Waals surface area contributed by atoms with Gasteiger partial charge >= 0.3 is 5.97 Å². The third-order valence-electron chi connectivity index (χ3n) is 9.40. The molecule has 1 N–H and O–H groups in total. The van der Waals surface area contributed by atoms with E-state index in [1.807, 2.05) is 56.3 Å². The van der Waals surface area contributed by atoms with Gasteiger partial charge in [-0.1, -0.05) is 49.4 Å². The van der Waals surface area contributed by atoms with Gasteiger partial charge in [0.1, 0.15) is 17.6 Å². The molecule has 7 atom stereocenters. The van der Waals surface area contributed by atoms with Gasteiger partial charge < -0.3 is 24.4 Å². The number of esters is 1. The molecule has 3 aliphatic rings. The zero-order chi connectivity index (χ0) is 29.5. The smallest absolute Gasteiger partial charge is 0.312 e. The zero-order valence-electron chi connectivity index (χ0n) is 24.1. The summed E-state index contributed by atoms with van der Waals surface area (Å²) in [6.07, 6.45) is 5.20. The van der Waals surface area contributed by atoms with Gasteiger partial charge in [-0.25, -0.2) is 0 Å². The molecule has 8 heteroatoms. The number of anilines is 1. The van der Waals surface area contributed by atoms with Crippen LogP contribution in [0.5, 0.6) is 0 Å². The standard InChI is InChI=1S/C33H40N2O6/c1-6-8-11-17-40-31(39)27-26-29(37)35(22(4)20-36)28(33(26)19-21(3)32(27,5)41-33)30(38)34(16-7-2)25-15-14-23-12-9-10-13-24(23)18-25/h6-7,9-10,12-15,18,21-22,26-28,36H,1-2,8,11,16-17,19-20H2,3-5H3/t21?,22-,26+,27-,28?,32+,33?/m1/s1. The van der Waals surface area contributed by atoms with Gasteiger partial charge in [0, 0.05) is 12.2 Å². The molecule has 41 heavy (non-hydrogen) atoms. The molecule has 218 valence electrons. The Kier molecular flexibility index (Phi) is 7.83. The molecule has 2 aromatic rings. The van der Waals surface area contributed by atoms with Crippen molar-refractivity contribution in [3.05, 3.63) is 67.8 Å². The molecule has 3 unspecified atom stereocenters. The van der Waals surface area contributed by atoms with Crippen LogP contribution in [-0.2, 0) is 23.9 Å². The Morgan fingerprint density at radius 1 is 1.22 bits per heavy atom. The number of likely N-dealkylation sites (tertiary alicyclic amines) is 1. The topological polar surface area (TPSA) is 96.4 Å². The Hall–Kier alpha value is -3.49. The highest BCUT2D eigenvalue weighted by molar-refractivity contribution is 6.05. The van der Waals surface area contributed by atoms with Gasteiger partial charge in [-0.3, -0.25) is 14.4 Å². The van der Waals surface area contributed by atoms with Gasteiger partial charge in [0.05, 0.1) is 30.8 Å². The van der Waals surface area contributed by atoms with E-state index in [1.165, 1.54) is 4.90 Å². The van der Waals surface area contributed by atoms with E-state index in [1.54, 1.807) is 24.0 Å². The van der Waals surface area contributed by atoms with E-state index >= 15 is 0 Å². The van der Waals surface area contributed by atoms with Gasteiger partial charge in [0.25, 0.3) is 5.91 Å². The number of ether oxygens (including phenoxy) is 2. The Morgan fingerprint density at radius 2 is 1.95 bits per heavy atom. The molecule has 3 heterocycles. The van der Waals surface area contributed by atoms with E-state index in [-0.39, 0.29) is 37.5 Å². The number of unbranched alkanes of at least 4 members (excludes halogenated alkanes) is 1. The Labute approximate surface area is 241 Å². The van der Waals surface area contributed by atoms with Gasteiger partial charge in [-0.05, 0) is 61.9 Å². The number of aliphatic hydroxyl groups is 1.